The topological polar surface area (TPSA) is 88.9 Å². The summed E-state index contributed by atoms with van der Waals surface area (Å²) in [6.07, 6.45) is 2.08. The molecule has 0 bridgehead atoms. The smallest absolute Gasteiger partial charge is 0.227 e. The van der Waals surface area contributed by atoms with Gasteiger partial charge in [0.25, 0.3) is 0 Å². The number of hydrogen-bond donors (Lipinski definition) is 1. The number of H-pyrrole nitrogens is 1. The molecule has 1 aliphatic heterocycles. The lowest BCUT2D eigenvalue weighted by molar-refractivity contribution is -0.138. The number of fused-ring (bicyclic) bond motifs is 1. The number of hydrogen-bond acceptors (Lipinski definition) is 5. The van der Waals surface area contributed by atoms with Gasteiger partial charge in [-0.05, 0) is 11.6 Å². The summed E-state index contributed by atoms with van der Waals surface area (Å²) >= 11 is 0. The van der Waals surface area contributed by atoms with Gasteiger partial charge in [-0.1, -0.05) is 23.4 Å². The number of nitrogens with one attached hydrogen (secondary N) is 1. The van der Waals surface area contributed by atoms with E-state index >= 15 is 0 Å². The predicted molar refractivity (Wildman–Crippen MR) is 86.1 cm³/mol. The molecule has 24 heavy (non-hydrogen) atoms. The Morgan fingerprint density at radius 3 is 3.12 bits per heavy atom. The van der Waals surface area contributed by atoms with Gasteiger partial charge in [-0.2, -0.15) is 5.21 Å². The zero-order valence-electron chi connectivity index (χ0n) is 13.3. The van der Waals surface area contributed by atoms with E-state index in [1.165, 1.54) is 0 Å². The highest BCUT2D eigenvalue weighted by atomic mass is 16.5. The molecule has 2 aromatic heterocycles. The van der Waals surface area contributed by atoms with Crippen molar-refractivity contribution in [3.63, 3.8) is 0 Å². The maximum atomic E-state index is 12.7. The molecule has 4 rings (SSSR count). The fourth-order valence-electron chi connectivity index (χ4n) is 3.18. The number of amides is 1. The fourth-order valence-corrected chi connectivity index (χ4v) is 3.18. The molecule has 1 unspecified atom stereocenters. The molecule has 0 aliphatic carbocycles. The Labute approximate surface area is 138 Å². The molecule has 3 heterocycles. The molecule has 1 aliphatic rings. The van der Waals surface area contributed by atoms with Gasteiger partial charge in [0.2, 0.25) is 11.7 Å². The predicted octanol–water partition coefficient (Wildman–Crippen LogP) is 0.834. The normalized spacial score (nSPS) is 18.2. The van der Waals surface area contributed by atoms with Crippen LogP contribution in [-0.2, 0) is 23.0 Å². The van der Waals surface area contributed by atoms with Crippen molar-refractivity contribution in [2.45, 2.75) is 12.5 Å². The van der Waals surface area contributed by atoms with Crippen molar-refractivity contribution in [3.8, 4) is 0 Å². The van der Waals surface area contributed by atoms with Crippen LogP contribution in [0.25, 0.3) is 10.9 Å². The molecule has 0 spiro atoms. The van der Waals surface area contributed by atoms with Crippen LogP contribution < -0.4 is 0 Å². The van der Waals surface area contributed by atoms with Crippen LogP contribution in [0.2, 0.25) is 0 Å². The van der Waals surface area contributed by atoms with Crippen molar-refractivity contribution in [2.24, 2.45) is 7.05 Å². The van der Waals surface area contributed by atoms with Gasteiger partial charge in [-0.25, -0.2) is 0 Å². The Hall–Kier alpha value is -2.74. The average molecular weight is 326 g/mol. The lowest BCUT2D eigenvalue weighted by Gasteiger charge is -2.31. The first-order chi connectivity index (χ1) is 11.7. The minimum atomic E-state index is -0.325. The molecular weight excluding hydrogens is 308 g/mol. The van der Waals surface area contributed by atoms with E-state index in [9.17, 15) is 4.79 Å². The minimum Gasteiger partial charge on any atom is -0.366 e. The van der Waals surface area contributed by atoms with Crippen LogP contribution in [0, 0.1) is 0 Å². The van der Waals surface area contributed by atoms with Crippen molar-refractivity contribution < 1.29 is 9.53 Å². The third-order valence-corrected chi connectivity index (χ3v) is 4.39. The van der Waals surface area contributed by atoms with E-state index in [1.54, 1.807) is 0 Å². The molecule has 124 valence electrons. The van der Waals surface area contributed by atoms with Gasteiger partial charge in [0.05, 0.1) is 19.6 Å². The molecule has 1 amide bonds. The summed E-state index contributed by atoms with van der Waals surface area (Å²) in [7, 11) is 2.00. The SMILES string of the molecule is Cn1cc(CC(=O)N2CCOC(c3nn[nH]n3)C2)c2ccccc21. The number of para-hydroxylation sites is 1. The number of morpholine rings is 1. The van der Waals surface area contributed by atoms with Gasteiger partial charge in [0.1, 0.15) is 6.10 Å². The van der Waals surface area contributed by atoms with Crippen molar-refractivity contribution in [1.82, 2.24) is 30.1 Å². The van der Waals surface area contributed by atoms with E-state index in [0.29, 0.717) is 31.9 Å². The van der Waals surface area contributed by atoms with Gasteiger partial charge in [-0.15, -0.1) is 10.2 Å². The van der Waals surface area contributed by atoms with Crippen LogP contribution in [0.4, 0.5) is 0 Å². The molecule has 1 N–H and O–H groups in total. The summed E-state index contributed by atoms with van der Waals surface area (Å²) < 4.78 is 7.70. The maximum Gasteiger partial charge on any atom is 0.227 e. The molecule has 1 fully saturated rings. The standard InChI is InChI=1S/C16H18N6O2/c1-21-9-11(12-4-2-3-5-13(12)21)8-15(23)22-6-7-24-14(10-22)16-17-19-20-18-16/h2-5,9,14H,6-8,10H2,1H3,(H,17,18,19,20). The number of benzene rings is 1. The van der Waals surface area contributed by atoms with E-state index in [2.05, 4.69) is 37.3 Å². The Kier molecular flexibility index (Phi) is 3.73. The monoisotopic (exact) mass is 326 g/mol. The molecule has 8 nitrogen and oxygen atoms in total. The fraction of sp³-hybridized carbons (Fsp3) is 0.375. The van der Waals surface area contributed by atoms with Crippen LogP contribution in [0.15, 0.2) is 30.5 Å². The zero-order valence-corrected chi connectivity index (χ0v) is 13.3. The molecule has 0 radical (unpaired) electrons. The van der Waals surface area contributed by atoms with Gasteiger partial charge in [0, 0.05) is 30.7 Å². The van der Waals surface area contributed by atoms with Crippen LogP contribution >= 0.6 is 0 Å². The number of rotatable bonds is 3. The number of ether oxygens (including phenoxy) is 1. The second kappa shape index (κ2) is 6.04. The number of aromatic amines is 1. The highest BCUT2D eigenvalue weighted by molar-refractivity contribution is 5.89. The van der Waals surface area contributed by atoms with E-state index in [-0.39, 0.29) is 12.0 Å². The third-order valence-electron chi connectivity index (χ3n) is 4.39. The highest BCUT2D eigenvalue weighted by Crippen LogP contribution is 2.23. The van der Waals surface area contributed by atoms with Crippen LogP contribution in [0.3, 0.4) is 0 Å². The van der Waals surface area contributed by atoms with E-state index in [0.717, 1.165) is 16.5 Å². The van der Waals surface area contributed by atoms with Crippen molar-refractivity contribution in [1.29, 1.82) is 0 Å². The van der Waals surface area contributed by atoms with Gasteiger partial charge >= 0.3 is 0 Å². The summed E-state index contributed by atoms with van der Waals surface area (Å²) in [6.45, 7) is 1.50. The number of nitrogens with zero attached hydrogens (tertiary/aromatic N) is 5. The zero-order chi connectivity index (χ0) is 16.5. The van der Waals surface area contributed by atoms with Crippen molar-refractivity contribution in [3.05, 3.63) is 41.9 Å². The van der Waals surface area contributed by atoms with E-state index < -0.39 is 0 Å². The van der Waals surface area contributed by atoms with Crippen molar-refractivity contribution >= 4 is 16.8 Å². The van der Waals surface area contributed by atoms with Gasteiger partial charge in [-0.3, -0.25) is 4.79 Å². The summed E-state index contributed by atoms with van der Waals surface area (Å²) in [5.41, 5.74) is 2.17. The summed E-state index contributed by atoms with van der Waals surface area (Å²) in [5, 5.41) is 15.0. The first kappa shape index (κ1) is 14.8. The van der Waals surface area contributed by atoms with E-state index in [1.807, 2.05) is 30.3 Å². The molecular formula is C16H18N6O2. The number of carbonyl (C=O) groups is 1. The first-order valence-electron chi connectivity index (χ1n) is 7.88. The number of tetrazole rings is 1. The first-order valence-corrected chi connectivity index (χ1v) is 7.88. The Morgan fingerprint density at radius 1 is 1.42 bits per heavy atom. The number of carbonyl (C=O) groups excluding carboxylic acids is 1. The third kappa shape index (κ3) is 2.65. The molecule has 1 atom stereocenters. The number of aryl methyl sites for hydroxylation is 1. The summed E-state index contributed by atoms with van der Waals surface area (Å²) in [4.78, 5) is 14.5. The van der Waals surface area contributed by atoms with Gasteiger partial charge < -0.3 is 14.2 Å². The molecule has 1 aromatic carbocycles. The highest BCUT2D eigenvalue weighted by Gasteiger charge is 2.28. The Bertz CT molecular complexity index is 857. The van der Waals surface area contributed by atoms with Crippen LogP contribution in [0.1, 0.15) is 17.5 Å². The summed E-state index contributed by atoms with van der Waals surface area (Å²) in [6, 6.07) is 8.12. The average Bonchev–Trinajstić information content (AvgIpc) is 3.25. The maximum absolute atomic E-state index is 12.7. The Morgan fingerprint density at radius 2 is 2.29 bits per heavy atom. The Balaban J connectivity index is 1.51. The lowest BCUT2D eigenvalue weighted by atomic mass is 10.1. The minimum absolute atomic E-state index is 0.0862. The largest absolute Gasteiger partial charge is 0.366 e. The van der Waals surface area contributed by atoms with Crippen LogP contribution in [0.5, 0.6) is 0 Å². The van der Waals surface area contributed by atoms with E-state index in [4.69, 9.17) is 4.74 Å². The molecule has 3 aromatic rings. The van der Waals surface area contributed by atoms with Gasteiger partial charge in [0.15, 0.2) is 0 Å². The quantitative estimate of drug-likeness (QED) is 0.770. The second-order valence-corrected chi connectivity index (χ2v) is 5.93. The van der Waals surface area contributed by atoms with Crippen molar-refractivity contribution in [2.75, 3.05) is 19.7 Å². The molecule has 0 saturated carbocycles. The molecule has 1 saturated heterocycles. The summed E-state index contributed by atoms with van der Waals surface area (Å²) in [5.74, 6) is 0.570. The van der Waals surface area contributed by atoms with Crippen LogP contribution in [-0.4, -0.2) is 55.7 Å². The molecule has 8 heteroatoms. The lowest BCUT2D eigenvalue weighted by Crippen LogP contribution is -2.43. The second-order valence-electron chi connectivity index (χ2n) is 5.93. The number of aromatic nitrogens is 5.